The van der Waals surface area contributed by atoms with Crippen LogP contribution in [-0.4, -0.2) is 31.5 Å². The summed E-state index contributed by atoms with van der Waals surface area (Å²) in [6.07, 6.45) is 3.89. The van der Waals surface area contributed by atoms with E-state index in [-0.39, 0.29) is 5.91 Å². The van der Waals surface area contributed by atoms with E-state index in [0.717, 1.165) is 22.5 Å². The van der Waals surface area contributed by atoms with Crippen LogP contribution in [0.15, 0.2) is 65.7 Å². The molecule has 1 aliphatic rings. The van der Waals surface area contributed by atoms with Gasteiger partial charge in [-0.2, -0.15) is 5.10 Å². The number of aryl methyl sites for hydroxylation is 1. The Morgan fingerprint density at radius 2 is 1.80 bits per heavy atom. The zero-order valence-corrected chi connectivity index (χ0v) is 18.8. The Labute approximate surface area is 186 Å². The Morgan fingerprint density at radius 3 is 2.47 bits per heavy atom. The van der Waals surface area contributed by atoms with Crippen LogP contribution in [0.5, 0.6) is 0 Å². The summed E-state index contributed by atoms with van der Waals surface area (Å²) in [7, 11) is 0. The summed E-state index contributed by atoms with van der Waals surface area (Å²) >= 11 is 6.82. The number of rotatable bonds is 5. The first-order chi connectivity index (χ1) is 14.4. The summed E-state index contributed by atoms with van der Waals surface area (Å²) in [5.74, 6) is 0.330. The fraction of sp³-hybridized carbons (Fsp3) is 0.208. The Balaban J connectivity index is 1.78. The standard InChI is InChI=1S/C24H23N3OS2/c1-16(2)14-26-23(28)21(30-24(26)29)13-19-15-27(20-7-5-4-6-8-20)25-22(19)18-11-9-17(3)10-12-18/h4-13,15-16H,14H2,1-3H3. The van der Waals surface area contributed by atoms with Crippen LogP contribution in [0, 0.1) is 12.8 Å². The predicted molar refractivity (Wildman–Crippen MR) is 128 cm³/mol. The van der Waals surface area contributed by atoms with Gasteiger partial charge in [-0.3, -0.25) is 9.69 Å². The molecular formula is C24H23N3OS2. The van der Waals surface area contributed by atoms with Crippen LogP contribution in [0.2, 0.25) is 0 Å². The first-order valence-electron chi connectivity index (χ1n) is 9.90. The zero-order chi connectivity index (χ0) is 21.3. The van der Waals surface area contributed by atoms with Crippen molar-refractivity contribution in [2.75, 3.05) is 6.54 Å². The van der Waals surface area contributed by atoms with Crippen molar-refractivity contribution in [3.8, 4) is 16.9 Å². The number of hydrogen-bond acceptors (Lipinski definition) is 4. The maximum Gasteiger partial charge on any atom is 0.266 e. The van der Waals surface area contributed by atoms with Crippen LogP contribution in [0.4, 0.5) is 0 Å². The summed E-state index contributed by atoms with van der Waals surface area (Å²) < 4.78 is 2.47. The van der Waals surface area contributed by atoms with Gasteiger partial charge in [0.15, 0.2) is 0 Å². The zero-order valence-electron chi connectivity index (χ0n) is 17.2. The number of para-hydroxylation sites is 1. The summed E-state index contributed by atoms with van der Waals surface area (Å²) in [5, 5.41) is 4.84. The lowest BCUT2D eigenvalue weighted by atomic mass is 10.1. The van der Waals surface area contributed by atoms with Crippen LogP contribution >= 0.6 is 24.0 Å². The molecule has 6 heteroatoms. The van der Waals surface area contributed by atoms with Crippen molar-refractivity contribution < 1.29 is 4.79 Å². The molecule has 0 spiro atoms. The van der Waals surface area contributed by atoms with Crippen LogP contribution < -0.4 is 0 Å². The van der Waals surface area contributed by atoms with E-state index < -0.39 is 0 Å². The second-order valence-corrected chi connectivity index (χ2v) is 9.44. The van der Waals surface area contributed by atoms with E-state index in [4.69, 9.17) is 17.3 Å². The molecule has 1 aromatic heterocycles. The van der Waals surface area contributed by atoms with Crippen molar-refractivity contribution in [2.45, 2.75) is 20.8 Å². The van der Waals surface area contributed by atoms with E-state index in [1.54, 1.807) is 4.90 Å². The van der Waals surface area contributed by atoms with E-state index in [0.29, 0.717) is 21.7 Å². The molecule has 2 heterocycles. The molecular weight excluding hydrogens is 410 g/mol. The minimum Gasteiger partial charge on any atom is -0.293 e. The Kier molecular flexibility index (Phi) is 5.88. The van der Waals surface area contributed by atoms with E-state index >= 15 is 0 Å². The lowest BCUT2D eigenvalue weighted by molar-refractivity contribution is -0.122. The molecule has 1 fully saturated rings. The smallest absolute Gasteiger partial charge is 0.266 e. The number of thioether (sulfide) groups is 1. The number of carbonyl (C=O) groups excluding carboxylic acids is 1. The topological polar surface area (TPSA) is 38.1 Å². The van der Waals surface area contributed by atoms with Gasteiger partial charge >= 0.3 is 0 Å². The molecule has 0 aliphatic carbocycles. The highest BCUT2D eigenvalue weighted by atomic mass is 32.2. The number of benzene rings is 2. The van der Waals surface area contributed by atoms with E-state index in [1.165, 1.54) is 17.3 Å². The molecule has 3 aromatic rings. The third kappa shape index (κ3) is 4.25. The van der Waals surface area contributed by atoms with Crippen LogP contribution in [0.25, 0.3) is 23.0 Å². The first-order valence-corrected chi connectivity index (χ1v) is 11.1. The van der Waals surface area contributed by atoms with Gasteiger partial charge in [0.05, 0.1) is 16.3 Å². The summed E-state index contributed by atoms with van der Waals surface area (Å²) in [5.41, 5.74) is 4.91. The van der Waals surface area contributed by atoms with Gasteiger partial charge in [-0.1, -0.05) is 85.9 Å². The summed E-state index contributed by atoms with van der Waals surface area (Å²) in [4.78, 5) is 15.3. The number of aromatic nitrogens is 2. The monoisotopic (exact) mass is 433 g/mol. The van der Waals surface area contributed by atoms with Crippen molar-refractivity contribution >= 4 is 40.3 Å². The number of carbonyl (C=O) groups is 1. The van der Waals surface area contributed by atoms with Gasteiger partial charge in [-0.25, -0.2) is 4.68 Å². The maximum atomic E-state index is 12.9. The molecule has 1 saturated heterocycles. The average molecular weight is 434 g/mol. The van der Waals surface area contributed by atoms with Gasteiger partial charge in [0.2, 0.25) is 0 Å². The molecule has 4 rings (SSSR count). The molecule has 1 aliphatic heterocycles. The van der Waals surface area contributed by atoms with E-state index in [9.17, 15) is 4.79 Å². The van der Waals surface area contributed by atoms with Gasteiger partial charge < -0.3 is 0 Å². The van der Waals surface area contributed by atoms with Crippen molar-refractivity contribution in [3.05, 3.63) is 76.8 Å². The number of nitrogens with zero attached hydrogens (tertiary/aromatic N) is 3. The highest BCUT2D eigenvalue weighted by molar-refractivity contribution is 8.26. The molecule has 1 amide bonds. The Hall–Kier alpha value is -2.70. The Morgan fingerprint density at radius 1 is 1.10 bits per heavy atom. The first kappa shape index (κ1) is 20.6. The normalized spacial score (nSPS) is 15.6. The molecule has 0 saturated carbocycles. The fourth-order valence-corrected chi connectivity index (χ4v) is 4.57. The predicted octanol–water partition coefficient (Wildman–Crippen LogP) is 5.70. The van der Waals surface area contributed by atoms with Crippen LogP contribution in [0.3, 0.4) is 0 Å². The van der Waals surface area contributed by atoms with Gasteiger partial charge in [-0.15, -0.1) is 0 Å². The highest BCUT2D eigenvalue weighted by Gasteiger charge is 2.32. The fourth-order valence-electron chi connectivity index (χ4n) is 3.31. The summed E-state index contributed by atoms with van der Waals surface area (Å²) in [6.45, 7) is 6.87. The second-order valence-electron chi connectivity index (χ2n) is 7.77. The van der Waals surface area contributed by atoms with Crippen molar-refractivity contribution in [2.24, 2.45) is 5.92 Å². The third-order valence-electron chi connectivity index (χ3n) is 4.80. The maximum absolute atomic E-state index is 12.9. The quantitative estimate of drug-likeness (QED) is 0.382. The molecule has 0 atom stereocenters. The number of thiocarbonyl (C=S) groups is 1. The molecule has 0 unspecified atom stereocenters. The molecule has 4 nitrogen and oxygen atoms in total. The second kappa shape index (κ2) is 8.58. The number of hydrogen-bond donors (Lipinski definition) is 0. The Bertz CT molecular complexity index is 1120. The lowest BCUT2D eigenvalue weighted by Crippen LogP contribution is -2.31. The lowest BCUT2D eigenvalue weighted by Gasteiger charge is -2.16. The van der Waals surface area contributed by atoms with Crippen molar-refractivity contribution in [3.63, 3.8) is 0 Å². The minimum atomic E-state index is -0.0268. The third-order valence-corrected chi connectivity index (χ3v) is 6.17. The van der Waals surface area contributed by atoms with Gasteiger partial charge in [-0.05, 0) is 31.1 Å². The van der Waals surface area contributed by atoms with E-state index in [1.807, 2.05) is 47.3 Å². The average Bonchev–Trinajstić information content (AvgIpc) is 3.26. The van der Waals surface area contributed by atoms with Crippen LogP contribution in [-0.2, 0) is 4.79 Å². The minimum absolute atomic E-state index is 0.0268. The molecule has 0 bridgehead atoms. The van der Waals surface area contributed by atoms with Gasteiger partial charge in [0.1, 0.15) is 4.32 Å². The van der Waals surface area contributed by atoms with Crippen molar-refractivity contribution in [1.29, 1.82) is 0 Å². The molecule has 2 aromatic carbocycles. The molecule has 0 N–H and O–H groups in total. The van der Waals surface area contributed by atoms with Crippen molar-refractivity contribution in [1.82, 2.24) is 14.7 Å². The molecule has 152 valence electrons. The SMILES string of the molecule is Cc1ccc(-c2nn(-c3ccccc3)cc2C=C2SC(=S)N(CC(C)C)C2=O)cc1. The largest absolute Gasteiger partial charge is 0.293 e. The number of amides is 1. The van der Waals surface area contributed by atoms with Crippen LogP contribution in [0.1, 0.15) is 25.0 Å². The molecule has 0 radical (unpaired) electrons. The van der Waals surface area contributed by atoms with Gasteiger partial charge in [0, 0.05) is 23.9 Å². The highest BCUT2D eigenvalue weighted by Crippen LogP contribution is 2.35. The van der Waals surface area contributed by atoms with Gasteiger partial charge in [0.25, 0.3) is 5.91 Å². The summed E-state index contributed by atoms with van der Waals surface area (Å²) in [6, 6.07) is 18.2. The van der Waals surface area contributed by atoms with E-state index in [2.05, 4.69) is 45.0 Å². The molecule has 30 heavy (non-hydrogen) atoms.